The number of benzene rings is 2. The molecule has 0 radical (unpaired) electrons. The Kier molecular flexibility index (Phi) is 9.19. The third kappa shape index (κ3) is 7.30. The van der Waals surface area contributed by atoms with Gasteiger partial charge < -0.3 is 9.47 Å². The minimum absolute atomic E-state index is 0.223. The van der Waals surface area contributed by atoms with Crippen molar-refractivity contribution in [3.8, 4) is 16.9 Å². The van der Waals surface area contributed by atoms with Crippen LogP contribution < -0.4 is 4.74 Å². The summed E-state index contributed by atoms with van der Waals surface area (Å²) in [5.74, 6) is 0.567. The lowest BCUT2D eigenvalue weighted by atomic mass is 10.0. The van der Waals surface area contributed by atoms with Crippen molar-refractivity contribution in [3.05, 3.63) is 66.7 Å². The zero-order valence-corrected chi connectivity index (χ0v) is 16.3. The summed E-state index contributed by atoms with van der Waals surface area (Å²) in [5.41, 5.74) is 2.69. The van der Waals surface area contributed by atoms with Crippen molar-refractivity contribution < 1.29 is 14.3 Å². The van der Waals surface area contributed by atoms with Crippen molar-refractivity contribution in [1.82, 2.24) is 0 Å². The Morgan fingerprint density at radius 2 is 1.48 bits per heavy atom. The van der Waals surface area contributed by atoms with Crippen molar-refractivity contribution >= 4 is 5.97 Å². The first-order valence-electron chi connectivity index (χ1n) is 9.86. The van der Waals surface area contributed by atoms with Crippen LogP contribution in [0, 0.1) is 0 Å². The largest absolute Gasteiger partial charge is 0.494 e. The van der Waals surface area contributed by atoms with Crippen LogP contribution in [0.2, 0.25) is 0 Å². The number of carbonyl (C=O) groups is 1. The molecule has 2 rings (SSSR count). The summed E-state index contributed by atoms with van der Waals surface area (Å²) in [6.07, 6.45) is 9.14. The van der Waals surface area contributed by atoms with E-state index in [0.29, 0.717) is 5.56 Å². The molecule has 3 nitrogen and oxygen atoms in total. The van der Waals surface area contributed by atoms with Crippen LogP contribution in [0.1, 0.15) is 55.8 Å². The molecule has 0 N–H and O–H groups in total. The Bertz CT molecular complexity index is 687. The Labute approximate surface area is 163 Å². The Morgan fingerprint density at radius 1 is 0.889 bits per heavy atom. The van der Waals surface area contributed by atoms with Gasteiger partial charge in [-0.3, -0.25) is 0 Å². The van der Waals surface area contributed by atoms with Crippen LogP contribution in [-0.4, -0.2) is 19.2 Å². The van der Waals surface area contributed by atoms with E-state index in [4.69, 9.17) is 9.47 Å². The number of unbranched alkanes of at least 4 members (excludes halogenated alkanes) is 5. The molecule has 0 spiro atoms. The molecule has 0 unspecified atom stereocenters. The van der Waals surface area contributed by atoms with Gasteiger partial charge in [0.2, 0.25) is 0 Å². The van der Waals surface area contributed by atoms with Gasteiger partial charge in [-0.1, -0.05) is 75.9 Å². The molecule has 144 valence electrons. The van der Waals surface area contributed by atoms with Gasteiger partial charge in [0.25, 0.3) is 0 Å². The Balaban J connectivity index is 1.80. The maximum absolute atomic E-state index is 11.8. The fourth-order valence-corrected chi connectivity index (χ4v) is 2.83. The van der Waals surface area contributed by atoms with Crippen LogP contribution in [0.4, 0.5) is 0 Å². The van der Waals surface area contributed by atoms with Crippen LogP contribution >= 0.6 is 0 Å². The van der Waals surface area contributed by atoms with Crippen LogP contribution in [0.25, 0.3) is 11.1 Å². The second-order valence-electron chi connectivity index (χ2n) is 6.61. The Morgan fingerprint density at radius 3 is 2.11 bits per heavy atom. The van der Waals surface area contributed by atoms with Crippen molar-refractivity contribution in [2.24, 2.45) is 0 Å². The molecule has 0 bridgehead atoms. The molecule has 0 saturated heterocycles. The highest BCUT2D eigenvalue weighted by Crippen LogP contribution is 2.23. The van der Waals surface area contributed by atoms with Crippen molar-refractivity contribution in [2.45, 2.75) is 45.4 Å². The molecule has 0 fully saturated rings. The monoisotopic (exact) mass is 366 g/mol. The molecule has 3 heteroatoms. The number of hydrogen-bond acceptors (Lipinski definition) is 3. The van der Waals surface area contributed by atoms with Crippen molar-refractivity contribution in [3.63, 3.8) is 0 Å². The molecule has 0 aromatic heterocycles. The molecule has 0 saturated carbocycles. The molecule has 0 aliphatic heterocycles. The summed E-state index contributed by atoms with van der Waals surface area (Å²) in [7, 11) is 0. The van der Waals surface area contributed by atoms with E-state index < -0.39 is 0 Å². The standard InChI is InChI=1S/C24H30O3/c1-3-5-6-7-8-9-19-26-23-16-14-21(15-17-23)20-10-12-22(13-11-20)24(25)27-18-4-2/h4,10-17H,2-3,5-9,18-19H2,1H3. The Hall–Kier alpha value is -2.55. The third-order valence-corrected chi connectivity index (χ3v) is 4.41. The number of rotatable bonds is 12. The normalized spacial score (nSPS) is 10.4. The summed E-state index contributed by atoms with van der Waals surface area (Å²) in [4.78, 5) is 11.8. The second kappa shape index (κ2) is 11.9. The van der Waals surface area contributed by atoms with Crippen LogP contribution in [0.3, 0.4) is 0 Å². The maximum Gasteiger partial charge on any atom is 0.338 e. The molecule has 0 aliphatic carbocycles. The smallest absolute Gasteiger partial charge is 0.338 e. The van der Waals surface area contributed by atoms with E-state index in [0.717, 1.165) is 29.9 Å². The van der Waals surface area contributed by atoms with E-state index >= 15 is 0 Å². The SMILES string of the molecule is C=CCOC(=O)c1ccc(-c2ccc(OCCCCCCCC)cc2)cc1. The molecular formula is C24H30O3. The lowest BCUT2D eigenvalue weighted by molar-refractivity contribution is 0.0550. The first kappa shape index (κ1) is 20.8. The van der Waals surface area contributed by atoms with Gasteiger partial charge in [-0.2, -0.15) is 0 Å². The van der Waals surface area contributed by atoms with E-state index in [1.165, 1.54) is 32.1 Å². The van der Waals surface area contributed by atoms with Gasteiger partial charge in [0, 0.05) is 0 Å². The molecular weight excluding hydrogens is 336 g/mol. The van der Waals surface area contributed by atoms with Gasteiger partial charge in [0.05, 0.1) is 12.2 Å². The van der Waals surface area contributed by atoms with Gasteiger partial charge >= 0.3 is 5.97 Å². The van der Waals surface area contributed by atoms with E-state index in [2.05, 4.69) is 13.5 Å². The number of hydrogen-bond donors (Lipinski definition) is 0. The average Bonchev–Trinajstić information content (AvgIpc) is 2.72. The topological polar surface area (TPSA) is 35.5 Å². The molecule has 0 amide bonds. The summed E-state index contributed by atoms with van der Waals surface area (Å²) in [5, 5.41) is 0. The molecule has 2 aromatic rings. The molecule has 0 heterocycles. The average molecular weight is 367 g/mol. The van der Waals surface area contributed by atoms with Crippen LogP contribution in [-0.2, 0) is 4.74 Å². The lowest BCUT2D eigenvalue weighted by Crippen LogP contribution is -2.04. The number of carbonyl (C=O) groups excluding carboxylic acids is 1. The second-order valence-corrected chi connectivity index (χ2v) is 6.61. The maximum atomic E-state index is 11.8. The van der Waals surface area contributed by atoms with E-state index in [1.54, 1.807) is 18.2 Å². The summed E-state index contributed by atoms with van der Waals surface area (Å²) < 4.78 is 10.9. The zero-order valence-electron chi connectivity index (χ0n) is 16.3. The fraction of sp³-hybridized carbons (Fsp3) is 0.375. The van der Waals surface area contributed by atoms with Gasteiger partial charge in [-0.05, 0) is 41.8 Å². The highest BCUT2D eigenvalue weighted by molar-refractivity contribution is 5.90. The quantitative estimate of drug-likeness (QED) is 0.246. The van der Waals surface area contributed by atoms with Gasteiger partial charge in [-0.25, -0.2) is 4.79 Å². The molecule has 0 atom stereocenters. The number of ether oxygens (including phenoxy) is 2. The highest BCUT2D eigenvalue weighted by Gasteiger charge is 2.06. The number of esters is 1. The minimum Gasteiger partial charge on any atom is -0.494 e. The van der Waals surface area contributed by atoms with Crippen LogP contribution in [0.5, 0.6) is 5.75 Å². The summed E-state index contributed by atoms with van der Waals surface area (Å²) in [6.45, 7) is 6.77. The van der Waals surface area contributed by atoms with Crippen molar-refractivity contribution in [1.29, 1.82) is 0 Å². The molecule has 2 aromatic carbocycles. The minimum atomic E-state index is -0.333. The molecule has 0 aliphatic rings. The lowest BCUT2D eigenvalue weighted by Gasteiger charge is -2.08. The predicted octanol–water partition coefficient (Wildman–Crippen LogP) is 6.44. The van der Waals surface area contributed by atoms with E-state index in [9.17, 15) is 4.79 Å². The van der Waals surface area contributed by atoms with Gasteiger partial charge in [-0.15, -0.1) is 0 Å². The van der Waals surface area contributed by atoms with E-state index in [1.807, 2.05) is 36.4 Å². The van der Waals surface area contributed by atoms with Gasteiger partial charge in [0.1, 0.15) is 12.4 Å². The fourth-order valence-electron chi connectivity index (χ4n) is 2.83. The summed E-state index contributed by atoms with van der Waals surface area (Å²) >= 11 is 0. The first-order chi connectivity index (χ1) is 13.2. The van der Waals surface area contributed by atoms with Gasteiger partial charge in [0.15, 0.2) is 0 Å². The zero-order chi connectivity index (χ0) is 19.3. The predicted molar refractivity (Wildman–Crippen MR) is 111 cm³/mol. The van der Waals surface area contributed by atoms with Crippen LogP contribution in [0.15, 0.2) is 61.2 Å². The van der Waals surface area contributed by atoms with E-state index in [-0.39, 0.29) is 12.6 Å². The highest BCUT2D eigenvalue weighted by atomic mass is 16.5. The third-order valence-electron chi connectivity index (χ3n) is 4.41. The first-order valence-corrected chi connectivity index (χ1v) is 9.86. The molecule has 27 heavy (non-hydrogen) atoms. The van der Waals surface area contributed by atoms with Crippen molar-refractivity contribution in [2.75, 3.05) is 13.2 Å². The summed E-state index contributed by atoms with van der Waals surface area (Å²) in [6, 6.07) is 15.5.